The normalized spacial score (nSPS) is 11.6. The van der Waals surface area contributed by atoms with E-state index in [9.17, 15) is 9.59 Å². The van der Waals surface area contributed by atoms with Crippen LogP contribution in [0, 0.1) is 0 Å². The van der Waals surface area contributed by atoms with Crippen LogP contribution in [0.4, 0.5) is 0 Å². The summed E-state index contributed by atoms with van der Waals surface area (Å²) in [6.45, 7) is 7.54. The van der Waals surface area contributed by atoms with Gasteiger partial charge in [0.2, 0.25) is 0 Å². The van der Waals surface area contributed by atoms with Gasteiger partial charge < -0.3 is 14.6 Å². The molecule has 0 aliphatic heterocycles. The van der Waals surface area contributed by atoms with E-state index in [-0.39, 0.29) is 18.9 Å². The molecule has 1 N–H and O–H groups in total. The highest BCUT2D eigenvalue weighted by molar-refractivity contribution is 5.76. The van der Waals surface area contributed by atoms with Crippen LogP contribution in [0.1, 0.15) is 40.5 Å². The molecule has 0 aromatic carbocycles. The van der Waals surface area contributed by atoms with Gasteiger partial charge in [-0.1, -0.05) is 0 Å². The Kier molecular flexibility index (Phi) is 6.03. The van der Waals surface area contributed by atoms with E-state index in [0.29, 0.717) is 6.61 Å². The Balaban J connectivity index is 3.94. The molecule has 16 heavy (non-hydrogen) atoms. The highest BCUT2D eigenvalue weighted by Gasteiger charge is 2.23. The first-order chi connectivity index (χ1) is 7.23. The number of esters is 1. The molecule has 0 saturated carbocycles. The van der Waals surface area contributed by atoms with E-state index in [1.165, 1.54) is 0 Å². The third kappa shape index (κ3) is 8.23. The lowest BCUT2D eigenvalue weighted by Crippen LogP contribution is -2.34. The summed E-state index contributed by atoms with van der Waals surface area (Å²) in [7, 11) is 0. The molecule has 94 valence electrons. The Hall–Kier alpha value is -1.10. The number of hydrogen-bond donors (Lipinski definition) is 1. The zero-order valence-corrected chi connectivity index (χ0v) is 10.3. The zero-order valence-electron chi connectivity index (χ0n) is 10.3. The van der Waals surface area contributed by atoms with E-state index < -0.39 is 17.5 Å². The number of hydrogen-bond acceptors (Lipinski definition) is 4. The fourth-order valence-corrected chi connectivity index (χ4v) is 0.965. The molecule has 0 amide bonds. The molecule has 0 radical (unpaired) electrons. The largest absolute Gasteiger partial charge is 0.481 e. The molecule has 0 atom stereocenters. The Morgan fingerprint density at radius 2 is 1.81 bits per heavy atom. The second-order valence-corrected chi connectivity index (χ2v) is 4.49. The first kappa shape index (κ1) is 14.9. The fraction of sp³-hybridized carbons (Fsp3) is 0.818. The van der Waals surface area contributed by atoms with E-state index in [0.717, 1.165) is 0 Å². The first-order valence-corrected chi connectivity index (χ1v) is 5.28. The molecule has 0 bridgehead atoms. The van der Waals surface area contributed by atoms with Crippen LogP contribution >= 0.6 is 0 Å². The van der Waals surface area contributed by atoms with Gasteiger partial charge in [0.1, 0.15) is 5.60 Å². The molecule has 5 nitrogen and oxygen atoms in total. The number of rotatable bonds is 7. The third-order valence-electron chi connectivity index (χ3n) is 1.70. The van der Waals surface area contributed by atoms with Crippen LogP contribution in [0.25, 0.3) is 0 Å². The van der Waals surface area contributed by atoms with Crippen molar-refractivity contribution in [1.29, 1.82) is 0 Å². The Bertz CT molecular complexity index is 245. The van der Waals surface area contributed by atoms with Gasteiger partial charge in [-0.3, -0.25) is 9.59 Å². The number of carboxylic acids is 1. The van der Waals surface area contributed by atoms with Crippen LogP contribution in [-0.2, 0) is 19.1 Å². The monoisotopic (exact) mass is 232 g/mol. The molecule has 0 heterocycles. The SMILES string of the molecule is CC(C)OCC(C)(C)OC(=O)CCC(=O)O. The number of carbonyl (C=O) groups excluding carboxylic acids is 1. The molecule has 0 aliphatic rings. The number of carbonyl (C=O) groups is 2. The van der Waals surface area contributed by atoms with Crippen molar-refractivity contribution >= 4 is 11.9 Å². The Morgan fingerprint density at radius 1 is 1.25 bits per heavy atom. The molecule has 0 aromatic heterocycles. The maximum atomic E-state index is 11.3. The van der Waals surface area contributed by atoms with Crippen molar-refractivity contribution < 1.29 is 24.2 Å². The van der Waals surface area contributed by atoms with E-state index in [1.807, 2.05) is 13.8 Å². The lowest BCUT2D eigenvalue weighted by molar-refractivity contribution is -0.165. The number of carboxylic acid groups (broad SMARTS) is 1. The zero-order chi connectivity index (χ0) is 12.8. The molecule has 0 aromatic rings. The van der Waals surface area contributed by atoms with Gasteiger partial charge in [0.15, 0.2) is 0 Å². The van der Waals surface area contributed by atoms with Crippen molar-refractivity contribution in [1.82, 2.24) is 0 Å². The van der Waals surface area contributed by atoms with Gasteiger partial charge >= 0.3 is 11.9 Å². The van der Waals surface area contributed by atoms with Gasteiger partial charge in [0.25, 0.3) is 0 Å². The average Bonchev–Trinajstić information content (AvgIpc) is 2.11. The molecular formula is C11H20O5. The summed E-state index contributed by atoms with van der Waals surface area (Å²) < 4.78 is 10.5. The molecular weight excluding hydrogens is 212 g/mol. The van der Waals surface area contributed by atoms with Crippen LogP contribution < -0.4 is 0 Å². The average molecular weight is 232 g/mol. The topological polar surface area (TPSA) is 72.8 Å². The smallest absolute Gasteiger partial charge is 0.306 e. The second kappa shape index (κ2) is 6.48. The summed E-state index contributed by atoms with van der Waals surface area (Å²) in [6, 6.07) is 0. The highest BCUT2D eigenvalue weighted by Crippen LogP contribution is 2.12. The summed E-state index contributed by atoms with van der Waals surface area (Å²) in [5, 5.41) is 8.40. The molecule has 5 heteroatoms. The quantitative estimate of drug-likeness (QED) is 0.675. The van der Waals surface area contributed by atoms with Crippen LogP contribution in [-0.4, -0.2) is 35.4 Å². The van der Waals surface area contributed by atoms with Gasteiger partial charge in [-0.2, -0.15) is 0 Å². The van der Waals surface area contributed by atoms with Gasteiger partial charge in [0, 0.05) is 0 Å². The van der Waals surface area contributed by atoms with Crippen LogP contribution in [0.3, 0.4) is 0 Å². The summed E-state index contributed by atoms with van der Waals surface area (Å²) in [5.41, 5.74) is -0.722. The van der Waals surface area contributed by atoms with Gasteiger partial charge in [-0.25, -0.2) is 0 Å². The first-order valence-electron chi connectivity index (χ1n) is 5.28. The predicted octanol–water partition coefficient (Wildman–Crippen LogP) is 1.60. The maximum Gasteiger partial charge on any atom is 0.306 e. The molecule has 0 unspecified atom stereocenters. The van der Waals surface area contributed by atoms with E-state index in [2.05, 4.69) is 0 Å². The third-order valence-corrected chi connectivity index (χ3v) is 1.70. The van der Waals surface area contributed by atoms with E-state index in [4.69, 9.17) is 14.6 Å². The molecule has 0 saturated heterocycles. The van der Waals surface area contributed by atoms with Crippen molar-refractivity contribution in [3.05, 3.63) is 0 Å². The number of aliphatic carboxylic acids is 1. The standard InChI is InChI=1S/C11H20O5/c1-8(2)15-7-11(3,4)16-10(14)6-5-9(12)13/h8H,5-7H2,1-4H3,(H,12,13). The summed E-state index contributed by atoms with van der Waals surface area (Å²) >= 11 is 0. The summed E-state index contributed by atoms with van der Waals surface area (Å²) in [6.07, 6.45) is -0.252. The molecule has 0 fully saturated rings. The van der Waals surface area contributed by atoms with Crippen LogP contribution in [0.15, 0.2) is 0 Å². The molecule has 0 spiro atoms. The Labute approximate surface area is 95.7 Å². The van der Waals surface area contributed by atoms with Crippen molar-refractivity contribution in [2.75, 3.05) is 6.61 Å². The van der Waals surface area contributed by atoms with Gasteiger partial charge in [-0.15, -0.1) is 0 Å². The van der Waals surface area contributed by atoms with Crippen LogP contribution in [0.2, 0.25) is 0 Å². The number of ether oxygens (including phenoxy) is 2. The van der Waals surface area contributed by atoms with Crippen molar-refractivity contribution in [3.8, 4) is 0 Å². The van der Waals surface area contributed by atoms with Gasteiger partial charge in [-0.05, 0) is 27.7 Å². The maximum absolute atomic E-state index is 11.3. The van der Waals surface area contributed by atoms with Crippen molar-refractivity contribution in [3.63, 3.8) is 0 Å². The minimum atomic E-state index is -1.01. The van der Waals surface area contributed by atoms with Gasteiger partial charge in [0.05, 0.1) is 25.6 Å². The lowest BCUT2D eigenvalue weighted by Gasteiger charge is -2.25. The lowest BCUT2D eigenvalue weighted by atomic mass is 10.1. The highest BCUT2D eigenvalue weighted by atomic mass is 16.6. The summed E-state index contributed by atoms with van der Waals surface area (Å²) in [5.74, 6) is -1.52. The molecule has 0 rings (SSSR count). The summed E-state index contributed by atoms with van der Waals surface area (Å²) in [4.78, 5) is 21.5. The van der Waals surface area contributed by atoms with Crippen molar-refractivity contribution in [2.24, 2.45) is 0 Å². The van der Waals surface area contributed by atoms with Crippen molar-refractivity contribution in [2.45, 2.75) is 52.2 Å². The van der Waals surface area contributed by atoms with E-state index >= 15 is 0 Å². The minimum absolute atomic E-state index is 0.0667. The predicted molar refractivity (Wildman–Crippen MR) is 58.1 cm³/mol. The Morgan fingerprint density at radius 3 is 2.25 bits per heavy atom. The van der Waals surface area contributed by atoms with E-state index in [1.54, 1.807) is 13.8 Å². The van der Waals surface area contributed by atoms with Crippen LogP contribution in [0.5, 0.6) is 0 Å². The minimum Gasteiger partial charge on any atom is -0.481 e. The molecule has 0 aliphatic carbocycles. The second-order valence-electron chi connectivity index (χ2n) is 4.49. The fourth-order valence-electron chi connectivity index (χ4n) is 0.965.